The van der Waals surface area contributed by atoms with E-state index in [4.69, 9.17) is 9.47 Å². The molecule has 0 bridgehead atoms. The molecule has 1 saturated heterocycles. The molecule has 0 unspecified atom stereocenters. The Kier molecular flexibility index (Phi) is 5.65. The number of ether oxygens (including phenoxy) is 2. The Morgan fingerprint density at radius 1 is 1.09 bits per heavy atom. The Hall–Kier alpha value is -3.94. The van der Waals surface area contributed by atoms with Crippen molar-refractivity contribution in [1.29, 1.82) is 0 Å². The molecule has 0 atom stereocenters. The van der Waals surface area contributed by atoms with Crippen molar-refractivity contribution in [2.45, 2.75) is 25.3 Å². The minimum absolute atomic E-state index is 0.222. The number of likely N-dealkylation sites (tertiary alicyclic amines) is 1. The lowest BCUT2D eigenvalue weighted by Gasteiger charge is -2.46. The zero-order valence-corrected chi connectivity index (χ0v) is 19.3. The minimum atomic E-state index is -0.447. The highest BCUT2D eigenvalue weighted by molar-refractivity contribution is 6.00. The minimum Gasteiger partial charge on any atom is -0.497 e. The second kappa shape index (κ2) is 8.78. The number of nitrogens with one attached hydrogen (secondary N) is 2. The lowest BCUT2D eigenvalue weighted by molar-refractivity contribution is 0.0527. The topological polar surface area (TPSA) is 84.8 Å². The number of rotatable bonds is 4. The molecular weight excluding hydrogens is 432 g/mol. The molecule has 176 valence electrons. The van der Waals surface area contributed by atoms with Crippen molar-refractivity contribution in [3.8, 4) is 11.4 Å². The van der Waals surface area contributed by atoms with Gasteiger partial charge >= 0.3 is 12.0 Å². The van der Waals surface area contributed by atoms with Gasteiger partial charge in [0.05, 0.1) is 41.9 Å². The molecule has 0 saturated carbocycles. The fourth-order valence-corrected chi connectivity index (χ4v) is 4.90. The van der Waals surface area contributed by atoms with Crippen LogP contribution in [0.5, 0.6) is 5.75 Å². The lowest BCUT2D eigenvalue weighted by atomic mass is 9.82. The summed E-state index contributed by atoms with van der Waals surface area (Å²) in [5.41, 5.74) is 3.83. The van der Waals surface area contributed by atoms with Crippen LogP contribution in [0.3, 0.4) is 0 Å². The van der Waals surface area contributed by atoms with Crippen molar-refractivity contribution in [3.05, 3.63) is 72.1 Å². The fraction of sp³-hybridized carbons (Fsp3) is 0.308. The Labute approximate surface area is 198 Å². The quantitative estimate of drug-likeness (QED) is 0.556. The van der Waals surface area contributed by atoms with Gasteiger partial charge in [0.25, 0.3) is 0 Å². The van der Waals surface area contributed by atoms with Crippen LogP contribution in [0.2, 0.25) is 0 Å². The Morgan fingerprint density at radius 2 is 1.88 bits per heavy atom. The molecular formula is C26H28N4O4. The number of fused-ring (bicyclic) bond motifs is 4. The number of hydrogen-bond donors (Lipinski definition) is 2. The maximum absolute atomic E-state index is 13.1. The average Bonchev–Trinajstić information content (AvgIpc) is 3.36. The van der Waals surface area contributed by atoms with E-state index in [0.717, 1.165) is 30.0 Å². The fourth-order valence-electron chi connectivity index (χ4n) is 4.90. The summed E-state index contributed by atoms with van der Waals surface area (Å²) in [4.78, 5) is 27.1. The van der Waals surface area contributed by atoms with Gasteiger partial charge in [-0.1, -0.05) is 12.1 Å². The normalized spacial score (nSPS) is 15.6. The lowest BCUT2D eigenvalue weighted by Crippen LogP contribution is -2.51. The summed E-state index contributed by atoms with van der Waals surface area (Å²) in [6.07, 6.45) is 3.58. The number of nitrogens with zero attached hydrogens (tertiary/aromatic N) is 2. The van der Waals surface area contributed by atoms with Crippen molar-refractivity contribution in [3.63, 3.8) is 0 Å². The SMILES string of the molecule is CCOC(=O)c1ccccc1NC(=O)N1CCC2(CC1)Nc1cc(OC)ccc1-n1cccc12. The van der Waals surface area contributed by atoms with Crippen LogP contribution < -0.4 is 15.4 Å². The van der Waals surface area contributed by atoms with Crippen molar-refractivity contribution < 1.29 is 19.1 Å². The molecule has 1 aromatic heterocycles. The molecule has 1 spiro atoms. The van der Waals surface area contributed by atoms with Gasteiger partial charge in [0.1, 0.15) is 5.75 Å². The van der Waals surface area contributed by atoms with Gasteiger partial charge in [-0.05, 0) is 56.2 Å². The third kappa shape index (κ3) is 3.75. The Bertz CT molecular complexity index is 1230. The van der Waals surface area contributed by atoms with Crippen LogP contribution in [0.15, 0.2) is 60.8 Å². The van der Waals surface area contributed by atoms with Crippen LogP contribution in [0.1, 0.15) is 35.8 Å². The first-order valence-corrected chi connectivity index (χ1v) is 11.5. The Morgan fingerprint density at radius 3 is 2.65 bits per heavy atom. The van der Waals surface area contributed by atoms with E-state index in [1.165, 1.54) is 5.69 Å². The van der Waals surface area contributed by atoms with Crippen molar-refractivity contribution >= 4 is 23.4 Å². The average molecular weight is 461 g/mol. The maximum Gasteiger partial charge on any atom is 0.340 e. The summed E-state index contributed by atoms with van der Waals surface area (Å²) in [6, 6.07) is 16.9. The van der Waals surface area contributed by atoms with Crippen LogP contribution in [-0.4, -0.2) is 48.3 Å². The first-order chi connectivity index (χ1) is 16.5. The molecule has 34 heavy (non-hydrogen) atoms. The molecule has 2 aliphatic rings. The predicted octanol–water partition coefficient (Wildman–Crippen LogP) is 4.61. The monoisotopic (exact) mass is 460 g/mol. The molecule has 2 aromatic carbocycles. The molecule has 2 N–H and O–H groups in total. The molecule has 1 fully saturated rings. The summed E-state index contributed by atoms with van der Waals surface area (Å²) >= 11 is 0. The van der Waals surface area contributed by atoms with Crippen molar-refractivity contribution in [1.82, 2.24) is 9.47 Å². The van der Waals surface area contributed by atoms with E-state index in [1.54, 1.807) is 43.2 Å². The number of carbonyl (C=O) groups is 2. The van der Waals surface area contributed by atoms with Crippen LogP contribution >= 0.6 is 0 Å². The van der Waals surface area contributed by atoms with Gasteiger partial charge < -0.3 is 29.6 Å². The summed E-state index contributed by atoms with van der Waals surface area (Å²) < 4.78 is 12.8. The molecule has 3 heterocycles. The van der Waals surface area contributed by atoms with Crippen LogP contribution in [0, 0.1) is 0 Å². The van der Waals surface area contributed by atoms with E-state index in [2.05, 4.69) is 39.6 Å². The van der Waals surface area contributed by atoms with Crippen molar-refractivity contribution in [2.75, 3.05) is 37.4 Å². The number of amides is 2. The van der Waals surface area contributed by atoms with E-state index >= 15 is 0 Å². The first-order valence-electron chi connectivity index (χ1n) is 11.5. The number of urea groups is 1. The smallest absolute Gasteiger partial charge is 0.340 e. The number of hydrogen-bond acceptors (Lipinski definition) is 5. The Balaban J connectivity index is 1.33. The van der Waals surface area contributed by atoms with E-state index < -0.39 is 5.97 Å². The van der Waals surface area contributed by atoms with E-state index in [1.807, 2.05) is 12.1 Å². The van der Waals surface area contributed by atoms with Gasteiger partial charge in [-0.25, -0.2) is 9.59 Å². The number of esters is 1. The summed E-state index contributed by atoms with van der Waals surface area (Å²) in [6.45, 7) is 3.18. The summed E-state index contributed by atoms with van der Waals surface area (Å²) in [7, 11) is 1.67. The van der Waals surface area contributed by atoms with Gasteiger partial charge in [-0.15, -0.1) is 0 Å². The van der Waals surface area contributed by atoms with Gasteiger partial charge in [0.2, 0.25) is 0 Å². The molecule has 3 aromatic rings. The highest BCUT2D eigenvalue weighted by atomic mass is 16.5. The highest BCUT2D eigenvalue weighted by Crippen LogP contribution is 2.44. The number of para-hydroxylation sites is 1. The van der Waals surface area contributed by atoms with Gasteiger partial charge in [-0.3, -0.25) is 0 Å². The predicted molar refractivity (Wildman–Crippen MR) is 130 cm³/mol. The second-order valence-electron chi connectivity index (χ2n) is 8.54. The van der Waals surface area contributed by atoms with Crippen LogP contribution in [-0.2, 0) is 10.3 Å². The van der Waals surface area contributed by atoms with Crippen LogP contribution in [0.4, 0.5) is 16.2 Å². The first kappa shape index (κ1) is 21.9. The molecule has 8 heteroatoms. The third-order valence-electron chi connectivity index (χ3n) is 6.64. The second-order valence-corrected chi connectivity index (χ2v) is 8.54. The van der Waals surface area contributed by atoms with Crippen LogP contribution in [0.25, 0.3) is 5.69 Å². The highest BCUT2D eigenvalue weighted by Gasteiger charge is 2.42. The molecule has 2 aliphatic heterocycles. The molecule has 0 radical (unpaired) electrons. The standard InChI is InChI=1S/C26H28N4O4/c1-3-34-24(31)19-7-4-5-8-20(19)27-25(32)29-15-12-26(13-16-29)23-9-6-14-30(23)22-11-10-18(33-2)17-21(22)28-26/h4-11,14,17,28H,3,12-13,15-16H2,1-2H3,(H,27,32). The summed E-state index contributed by atoms with van der Waals surface area (Å²) in [5.74, 6) is 0.353. The zero-order chi connectivity index (χ0) is 23.7. The number of piperidine rings is 1. The molecule has 0 aliphatic carbocycles. The number of aromatic nitrogens is 1. The third-order valence-corrected chi connectivity index (χ3v) is 6.64. The maximum atomic E-state index is 13.1. The van der Waals surface area contributed by atoms with E-state index in [9.17, 15) is 9.59 Å². The molecule has 5 rings (SSSR count). The number of benzene rings is 2. The van der Waals surface area contributed by atoms with E-state index in [0.29, 0.717) is 24.3 Å². The molecule has 8 nitrogen and oxygen atoms in total. The van der Waals surface area contributed by atoms with E-state index in [-0.39, 0.29) is 18.2 Å². The van der Waals surface area contributed by atoms with Gasteiger partial charge in [0.15, 0.2) is 0 Å². The molecule has 2 amide bonds. The number of methoxy groups -OCH3 is 1. The number of carbonyl (C=O) groups excluding carboxylic acids is 2. The number of anilines is 2. The van der Waals surface area contributed by atoms with Gasteiger partial charge in [-0.2, -0.15) is 0 Å². The summed E-state index contributed by atoms with van der Waals surface area (Å²) in [5, 5.41) is 6.66. The van der Waals surface area contributed by atoms with Crippen molar-refractivity contribution in [2.24, 2.45) is 0 Å². The largest absolute Gasteiger partial charge is 0.497 e. The van der Waals surface area contributed by atoms with Gasteiger partial charge in [0, 0.05) is 31.0 Å². The zero-order valence-electron chi connectivity index (χ0n) is 19.3.